The van der Waals surface area contributed by atoms with Crippen molar-refractivity contribution in [3.05, 3.63) is 48.0 Å². The fraction of sp³-hybridized carbons (Fsp3) is 0.500. The molecule has 2 fully saturated rings. The summed E-state index contributed by atoms with van der Waals surface area (Å²) in [6.45, 7) is 12.2. The van der Waals surface area contributed by atoms with Crippen molar-refractivity contribution >= 4 is 31.8 Å². The Hall–Kier alpha value is -2.58. The lowest BCUT2D eigenvalue weighted by molar-refractivity contribution is -0.148. The Morgan fingerprint density at radius 3 is 2.31 bits per heavy atom. The number of hydrogen-bond donors (Lipinski definition) is 1. The molecule has 1 N–H and O–H groups in total. The van der Waals surface area contributed by atoms with Crippen LogP contribution in [0.5, 0.6) is 0 Å². The molecule has 3 amide bonds. The van der Waals surface area contributed by atoms with Gasteiger partial charge in [-0.1, -0.05) is 30.3 Å². The Morgan fingerprint density at radius 1 is 1.22 bits per heavy atom. The molecule has 0 radical (unpaired) electrons. The number of likely N-dealkylation sites (tertiary alicyclic amines) is 1. The predicted octanol–water partition coefficient (Wildman–Crippen LogP) is 3.21. The molecule has 8 heteroatoms. The molecule has 172 valence electrons. The fourth-order valence-corrected chi connectivity index (χ4v) is 5.94. The minimum Gasteiger partial charge on any atom is -0.414 e. The van der Waals surface area contributed by atoms with E-state index in [4.69, 9.17) is 4.43 Å². The maximum absolute atomic E-state index is 13.1. The van der Waals surface area contributed by atoms with E-state index in [0.717, 1.165) is 5.56 Å². The molecule has 2 aliphatic heterocycles. The van der Waals surface area contributed by atoms with Gasteiger partial charge in [0, 0.05) is 24.8 Å². The molecule has 1 aromatic carbocycles. The van der Waals surface area contributed by atoms with Crippen molar-refractivity contribution in [1.82, 2.24) is 10.2 Å². The summed E-state index contributed by atoms with van der Waals surface area (Å²) >= 11 is 0. The number of Topliss-reactive ketones (excluding diaryl/α,β-unsaturated/α-hetero) is 1. The first-order valence-electron chi connectivity index (χ1n) is 11.0. The second-order valence-electron chi connectivity index (χ2n) is 9.72. The molecule has 2 heterocycles. The molecule has 2 saturated heterocycles. The zero-order chi connectivity index (χ0) is 23.7. The van der Waals surface area contributed by atoms with Gasteiger partial charge in [-0.05, 0) is 38.5 Å². The number of benzene rings is 1. The van der Waals surface area contributed by atoms with Crippen LogP contribution in [0.15, 0.2) is 36.9 Å². The maximum Gasteiger partial charge on any atom is 0.229 e. The summed E-state index contributed by atoms with van der Waals surface area (Å²) in [5, 5.41) is 2.97. The number of ketones is 1. The second kappa shape index (κ2) is 9.11. The number of amides is 3. The molecule has 0 unspecified atom stereocenters. The van der Waals surface area contributed by atoms with Gasteiger partial charge >= 0.3 is 0 Å². The zero-order valence-corrected chi connectivity index (χ0v) is 20.3. The molecule has 3 atom stereocenters. The number of hydrogen-bond acceptors (Lipinski definition) is 5. The van der Waals surface area contributed by atoms with Crippen molar-refractivity contribution < 1.29 is 23.6 Å². The van der Waals surface area contributed by atoms with Crippen molar-refractivity contribution in [2.45, 2.75) is 70.4 Å². The minimum absolute atomic E-state index is 0.0862. The fourth-order valence-electron chi connectivity index (χ4n) is 4.69. The van der Waals surface area contributed by atoms with E-state index in [0.29, 0.717) is 12.0 Å². The molecular weight excluding hydrogens is 424 g/mol. The first-order chi connectivity index (χ1) is 15.0. The molecular formula is C24H32N2O5Si. The molecule has 1 aromatic rings. The topological polar surface area (TPSA) is 92.8 Å². The van der Waals surface area contributed by atoms with Crippen LogP contribution < -0.4 is 5.32 Å². The number of nitrogens with one attached hydrogen (secondary N) is 1. The van der Waals surface area contributed by atoms with Crippen LogP contribution in [0.3, 0.4) is 0 Å². The Morgan fingerprint density at radius 2 is 1.81 bits per heavy atom. The molecule has 0 saturated carbocycles. The minimum atomic E-state index is -1.86. The quantitative estimate of drug-likeness (QED) is 0.192. The van der Waals surface area contributed by atoms with E-state index in [-0.39, 0.29) is 55.4 Å². The van der Waals surface area contributed by atoms with Crippen LogP contribution in [0.25, 0.3) is 0 Å². The van der Waals surface area contributed by atoms with Crippen LogP contribution >= 0.6 is 0 Å². The van der Waals surface area contributed by atoms with E-state index in [2.05, 4.69) is 31.5 Å². The van der Waals surface area contributed by atoms with Crippen molar-refractivity contribution in [3.8, 4) is 0 Å². The molecule has 32 heavy (non-hydrogen) atoms. The standard InChI is InChI=1S/C24H32N2O5Si/c1-6-13-24(22(23(30)25-24)16(2)31-32(3,4)5)14-19(27)18-9-7-17(8-10-18)15-26-20(28)11-12-21(26)29/h6-10,16,22H,1,11-15H2,2-5H3,(H,25,30)/t16-,22+,24-/m1/s1. The SMILES string of the molecule is C=CC[C@]1(CC(=O)c2ccc(CN3C(=O)CCC3=O)cc2)NC(=O)[C@@H]1[C@@H](C)O[Si](C)(C)C. The van der Waals surface area contributed by atoms with Gasteiger partial charge in [-0.25, -0.2) is 0 Å². The summed E-state index contributed by atoms with van der Waals surface area (Å²) in [5.41, 5.74) is 0.607. The van der Waals surface area contributed by atoms with Gasteiger partial charge in [0.05, 0.1) is 24.1 Å². The Kier molecular flexibility index (Phi) is 6.85. The van der Waals surface area contributed by atoms with Crippen molar-refractivity contribution in [3.63, 3.8) is 0 Å². The van der Waals surface area contributed by atoms with Crippen LogP contribution in [0.4, 0.5) is 0 Å². The summed E-state index contributed by atoms with van der Waals surface area (Å²) in [5.74, 6) is -0.925. The number of rotatable bonds is 10. The number of imide groups is 1. The second-order valence-corrected chi connectivity index (χ2v) is 14.2. The summed E-state index contributed by atoms with van der Waals surface area (Å²) in [6.07, 6.45) is 2.58. The third-order valence-corrected chi connectivity index (χ3v) is 7.09. The van der Waals surface area contributed by atoms with Gasteiger partial charge in [0.15, 0.2) is 14.1 Å². The van der Waals surface area contributed by atoms with Gasteiger partial charge in [0.2, 0.25) is 17.7 Å². The number of carbonyl (C=O) groups excluding carboxylic acids is 4. The molecule has 2 aliphatic rings. The highest BCUT2D eigenvalue weighted by molar-refractivity contribution is 6.69. The van der Waals surface area contributed by atoms with Gasteiger partial charge in [-0.15, -0.1) is 6.58 Å². The zero-order valence-electron chi connectivity index (χ0n) is 19.3. The molecule has 0 spiro atoms. The summed E-state index contributed by atoms with van der Waals surface area (Å²) < 4.78 is 6.17. The highest BCUT2D eigenvalue weighted by Gasteiger charge is 2.56. The summed E-state index contributed by atoms with van der Waals surface area (Å²) in [7, 11) is -1.86. The Balaban J connectivity index is 1.72. The molecule has 0 aliphatic carbocycles. The lowest BCUT2D eigenvalue weighted by Gasteiger charge is -2.52. The average Bonchev–Trinajstić information content (AvgIpc) is 2.98. The van der Waals surface area contributed by atoms with Crippen molar-refractivity contribution in [1.29, 1.82) is 0 Å². The maximum atomic E-state index is 13.1. The number of β-lactam (4-membered cyclic amide) rings is 1. The Labute approximate surface area is 190 Å². The van der Waals surface area contributed by atoms with Crippen LogP contribution in [0, 0.1) is 5.92 Å². The highest BCUT2D eigenvalue weighted by atomic mass is 28.4. The predicted molar refractivity (Wildman–Crippen MR) is 123 cm³/mol. The Bertz CT molecular complexity index is 917. The van der Waals surface area contributed by atoms with Crippen LogP contribution in [-0.2, 0) is 25.4 Å². The number of nitrogens with zero attached hydrogens (tertiary/aromatic N) is 1. The first kappa shape index (κ1) is 24.1. The monoisotopic (exact) mass is 456 g/mol. The normalized spacial score (nSPS) is 24.2. The summed E-state index contributed by atoms with van der Waals surface area (Å²) in [4.78, 5) is 50.5. The van der Waals surface area contributed by atoms with E-state index in [1.807, 2.05) is 6.92 Å². The van der Waals surface area contributed by atoms with Crippen molar-refractivity contribution in [2.75, 3.05) is 0 Å². The smallest absolute Gasteiger partial charge is 0.229 e. The summed E-state index contributed by atoms with van der Waals surface area (Å²) in [6, 6.07) is 6.95. The van der Waals surface area contributed by atoms with Gasteiger partial charge in [0.25, 0.3) is 0 Å². The molecule has 0 bridgehead atoms. The van der Waals surface area contributed by atoms with Crippen LogP contribution in [0.2, 0.25) is 19.6 Å². The molecule has 0 aromatic heterocycles. The van der Waals surface area contributed by atoms with E-state index in [1.54, 1.807) is 30.3 Å². The third-order valence-electron chi connectivity index (χ3n) is 6.01. The van der Waals surface area contributed by atoms with Gasteiger partial charge < -0.3 is 9.74 Å². The van der Waals surface area contributed by atoms with Gasteiger partial charge in [-0.2, -0.15) is 0 Å². The van der Waals surface area contributed by atoms with Crippen LogP contribution in [-0.4, -0.2) is 48.4 Å². The largest absolute Gasteiger partial charge is 0.414 e. The lowest BCUT2D eigenvalue weighted by atomic mass is 9.67. The van der Waals surface area contributed by atoms with E-state index in [1.165, 1.54) is 4.90 Å². The highest BCUT2D eigenvalue weighted by Crippen LogP contribution is 2.39. The van der Waals surface area contributed by atoms with E-state index >= 15 is 0 Å². The van der Waals surface area contributed by atoms with E-state index in [9.17, 15) is 19.2 Å². The van der Waals surface area contributed by atoms with Crippen LogP contribution in [0.1, 0.15) is 48.5 Å². The molecule has 3 rings (SSSR count). The van der Waals surface area contributed by atoms with Gasteiger partial charge in [-0.3, -0.25) is 24.1 Å². The van der Waals surface area contributed by atoms with Gasteiger partial charge in [0.1, 0.15) is 0 Å². The average molecular weight is 457 g/mol. The van der Waals surface area contributed by atoms with Crippen molar-refractivity contribution in [2.24, 2.45) is 5.92 Å². The first-order valence-corrected chi connectivity index (χ1v) is 14.4. The van der Waals surface area contributed by atoms with E-state index < -0.39 is 19.8 Å². The molecule has 7 nitrogen and oxygen atoms in total. The third kappa shape index (κ3) is 5.07. The number of carbonyl (C=O) groups is 4. The lowest BCUT2D eigenvalue weighted by Crippen LogP contribution is -2.73.